The van der Waals surface area contributed by atoms with Crippen LogP contribution < -0.4 is 15.8 Å². The fraction of sp³-hybridized carbons (Fsp3) is 0.444. The first-order chi connectivity index (χ1) is 16.6. The maximum absolute atomic E-state index is 13.4. The van der Waals surface area contributed by atoms with E-state index in [0.29, 0.717) is 34.7 Å². The fourth-order valence-corrected chi connectivity index (χ4v) is 5.00. The van der Waals surface area contributed by atoms with Crippen molar-refractivity contribution in [3.63, 3.8) is 0 Å². The predicted molar refractivity (Wildman–Crippen MR) is 148 cm³/mol. The SMILES string of the molecule is CC(C)N(CCn1c(S[C@H](C)C(=O)Nc2ccc(N(C)C)cc2)nc2ccccc2c1=O)C(C)C. The molecule has 0 saturated heterocycles. The molecular formula is C27H37N5O2S. The number of hydrogen-bond donors (Lipinski definition) is 1. The highest BCUT2D eigenvalue weighted by atomic mass is 32.2. The van der Waals surface area contributed by atoms with Gasteiger partial charge in [-0.05, 0) is 71.0 Å². The highest BCUT2D eigenvalue weighted by molar-refractivity contribution is 8.00. The maximum Gasteiger partial charge on any atom is 0.262 e. The van der Waals surface area contributed by atoms with Crippen molar-refractivity contribution in [3.05, 3.63) is 58.9 Å². The number of benzene rings is 2. The zero-order valence-electron chi connectivity index (χ0n) is 21.8. The number of anilines is 2. The number of nitrogens with one attached hydrogen (secondary N) is 1. The third-order valence-corrected chi connectivity index (χ3v) is 7.13. The Balaban J connectivity index is 1.85. The number of fused-ring (bicyclic) bond motifs is 1. The quantitative estimate of drug-likeness (QED) is 0.325. The van der Waals surface area contributed by atoms with Gasteiger partial charge in [-0.15, -0.1) is 0 Å². The van der Waals surface area contributed by atoms with Crippen LogP contribution in [0.2, 0.25) is 0 Å². The molecule has 0 spiro atoms. The second-order valence-corrected chi connectivity index (χ2v) is 10.8. The van der Waals surface area contributed by atoms with Crippen LogP contribution in [0.4, 0.5) is 11.4 Å². The number of thioether (sulfide) groups is 1. The number of para-hydroxylation sites is 1. The summed E-state index contributed by atoms with van der Waals surface area (Å²) in [5.74, 6) is -0.132. The van der Waals surface area contributed by atoms with Crippen LogP contribution in [0, 0.1) is 0 Å². The van der Waals surface area contributed by atoms with E-state index in [1.165, 1.54) is 11.8 Å². The van der Waals surface area contributed by atoms with Crippen molar-refractivity contribution < 1.29 is 4.79 Å². The van der Waals surface area contributed by atoms with Crippen molar-refractivity contribution in [2.45, 2.75) is 63.7 Å². The maximum atomic E-state index is 13.4. The number of carbonyl (C=O) groups excluding carboxylic acids is 1. The first-order valence-corrected chi connectivity index (χ1v) is 13.0. The number of amides is 1. The Morgan fingerprint density at radius 2 is 1.63 bits per heavy atom. The third kappa shape index (κ3) is 6.64. The largest absolute Gasteiger partial charge is 0.378 e. The summed E-state index contributed by atoms with van der Waals surface area (Å²) in [5, 5.41) is 3.70. The summed E-state index contributed by atoms with van der Waals surface area (Å²) in [6.45, 7) is 11.7. The Bertz CT molecular complexity index is 1200. The van der Waals surface area contributed by atoms with Gasteiger partial charge in [0.1, 0.15) is 0 Å². The lowest BCUT2D eigenvalue weighted by atomic mass is 10.2. The van der Waals surface area contributed by atoms with Crippen LogP contribution >= 0.6 is 11.8 Å². The molecule has 3 aromatic rings. The second-order valence-electron chi connectivity index (χ2n) is 9.48. The summed E-state index contributed by atoms with van der Waals surface area (Å²) in [7, 11) is 3.95. The molecule has 1 aromatic heterocycles. The number of rotatable bonds is 10. The molecule has 1 N–H and O–H groups in total. The molecule has 7 nitrogen and oxygen atoms in total. The minimum absolute atomic E-state index is 0.0718. The van der Waals surface area contributed by atoms with Gasteiger partial charge in [0.05, 0.1) is 16.2 Å². The van der Waals surface area contributed by atoms with E-state index in [-0.39, 0.29) is 11.5 Å². The minimum Gasteiger partial charge on any atom is -0.378 e. The molecule has 0 aliphatic rings. The highest BCUT2D eigenvalue weighted by Gasteiger charge is 2.21. The van der Waals surface area contributed by atoms with E-state index >= 15 is 0 Å². The van der Waals surface area contributed by atoms with E-state index in [9.17, 15) is 9.59 Å². The summed E-state index contributed by atoms with van der Waals surface area (Å²) in [6, 6.07) is 15.8. The van der Waals surface area contributed by atoms with Crippen LogP contribution in [0.15, 0.2) is 58.5 Å². The van der Waals surface area contributed by atoms with Gasteiger partial charge in [0.2, 0.25) is 5.91 Å². The molecule has 0 aliphatic heterocycles. The summed E-state index contributed by atoms with van der Waals surface area (Å²) in [4.78, 5) is 35.5. The van der Waals surface area contributed by atoms with Gasteiger partial charge < -0.3 is 10.2 Å². The molecule has 0 aliphatic carbocycles. The van der Waals surface area contributed by atoms with Crippen LogP contribution in [0.5, 0.6) is 0 Å². The van der Waals surface area contributed by atoms with Crippen molar-refractivity contribution in [3.8, 4) is 0 Å². The van der Waals surface area contributed by atoms with Crippen molar-refractivity contribution >= 4 is 39.9 Å². The summed E-state index contributed by atoms with van der Waals surface area (Å²) in [5.41, 5.74) is 2.37. The first kappa shape index (κ1) is 26.8. The van der Waals surface area contributed by atoms with Gasteiger partial charge in [0, 0.05) is 50.6 Å². The number of nitrogens with zero attached hydrogens (tertiary/aromatic N) is 4. The van der Waals surface area contributed by atoms with Gasteiger partial charge in [0.15, 0.2) is 5.16 Å². The zero-order chi connectivity index (χ0) is 25.7. The van der Waals surface area contributed by atoms with Gasteiger partial charge in [0.25, 0.3) is 5.56 Å². The standard InChI is InChI=1S/C27H37N5O2S/c1-18(2)31(19(3)4)16-17-32-26(34)23-10-8-9-11-24(23)29-27(32)35-20(5)25(33)28-21-12-14-22(15-13-21)30(6)7/h8-15,18-20H,16-17H2,1-7H3,(H,28,33)/t20-/m1/s1. The Hall–Kier alpha value is -2.84. The average Bonchev–Trinajstić information content (AvgIpc) is 2.80. The van der Waals surface area contributed by atoms with Crippen LogP contribution in [-0.4, -0.2) is 58.3 Å². The molecular weight excluding hydrogens is 458 g/mol. The van der Waals surface area contributed by atoms with Gasteiger partial charge in [-0.25, -0.2) is 4.98 Å². The van der Waals surface area contributed by atoms with E-state index in [1.807, 2.05) is 74.4 Å². The van der Waals surface area contributed by atoms with E-state index < -0.39 is 5.25 Å². The lowest BCUT2D eigenvalue weighted by molar-refractivity contribution is -0.115. The highest BCUT2D eigenvalue weighted by Crippen LogP contribution is 2.24. The van der Waals surface area contributed by atoms with Crippen LogP contribution in [0.1, 0.15) is 34.6 Å². The molecule has 1 heterocycles. The lowest BCUT2D eigenvalue weighted by Crippen LogP contribution is -2.40. The third-order valence-electron chi connectivity index (χ3n) is 6.04. The Morgan fingerprint density at radius 3 is 2.23 bits per heavy atom. The van der Waals surface area contributed by atoms with Gasteiger partial charge >= 0.3 is 0 Å². The molecule has 1 atom stereocenters. The Labute approximate surface area is 212 Å². The normalized spacial score (nSPS) is 12.5. The summed E-state index contributed by atoms with van der Waals surface area (Å²) < 4.78 is 1.72. The van der Waals surface area contributed by atoms with Crippen molar-refractivity contribution in [2.75, 3.05) is 30.9 Å². The number of carbonyl (C=O) groups is 1. The smallest absolute Gasteiger partial charge is 0.262 e. The number of aromatic nitrogens is 2. The molecule has 1 amide bonds. The molecule has 0 fully saturated rings. The molecule has 0 radical (unpaired) electrons. The van der Waals surface area contributed by atoms with E-state index in [4.69, 9.17) is 4.98 Å². The zero-order valence-corrected chi connectivity index (χ0v) is 22.6. The van der Waals surface area contributed by atoms with Gasteiger partial charge in [-0.2, -0.15) is 0 Å². The van der Waals surface area contributed by atoms with Crippen LogP contribution in [0.25, 0.3) is 10.9 Å². The molecule has 0 unspecified atom stereocenters. The monoisotopic (exact) mass is 495 g/mol. The summed E-state index contributed by atoms with van der Waals surface area (Å²) >= 11 is 1.32. The van der Waals surface area contributed by atoms with Gasteiger partial charge in [-0.3, -0.25) is 19.1 Å². The minimum atomic E-state index is -0.436. The topological polar surface area (TPSA) is 70.5 Å². The second kappa shape index (κ2) is 11.7. The molecule has 2 aromatic carbocycles. The lowest BCUT2D eigenvalue weighted by Gasteiger charge is -2.31. The molecule has 0 saturated carbocycles. The summed E-state index contributed by atoms with van der Waals surface area (Å²) in [6.07, 6.45) is 0. The molecule has 3 rings (SSSR count). The molecule has 0 bridgehead atoms. The van der Waals surface area contributed by atoms with E-state index in [2.05, 4.69) is 37.9 Å². The fourth-order valence-electron chi connectivity index (χ4n) is 4.06. The Kier molecular flexibility index (Phi) is 8.97. The molecule has 35 heavy (non-hydrogen) atoms. The van der Waals surface area contributed by atoms with Crippen molar-refractivity contribution in [1.82, 2.24) is 14.5 Å². The number of hydrogen-bond acceptors (Lipinski definition) is 6. The van der Waals surface area contributed by atoms with Gasteiger partial charge in [-0.1, -0.05) is 23.9 Å². The molecule has 8 heteroatoms. The Morgan fingerprint density at radius 1 is 1.00 bits per heavy atom. The van der Waals surface area contributed by atoms with E-state index in [0.717, 1.165) is 17.9 Å². The van der Waals surface area contributed by atoms with Crippen molar-refractivity contribution in [2.24, 2.45) is 0 Å². The van der Waals surface area contributed by atoms with Crippen LogP contribution in [0.3, 0.4) is 0 Å². The van der Waals surface area contributed by atoms with Crippen LogP contribution in [-0.2, 0) is 11.3 Å². The van der Waals surface area contributed by atoms with Crippen molar-refractivity contribution in [1.29, 1.82) is 0 Å². The predicted octanol–water partition coefficient (Wildman–Crippen LogP) is 4.70. The first-order valence-electron chi connectivity index (χ1n) is 12.1. The average molecular weight is 496 g/mol. The molecule has 188 valence electrons. The van der Waals surface area contributed by atoms with E-state index in [1.54, 1.807) is 4.57 Å².